The molecule has 0 spiro atoms. The molecule has 1 amide bonds. The number of carbonyl (C=O) groups excluding carboxylic acids is 2. The summed E-state index contributed by atoms with van der Waals surface area (Å²) in [5, 5.41) is 7.10. The zero-order valence-corrected chi connectivity index (χ0v) is 21.5. The van der Waals surface area contributed by atoms with Gasteiger partial charge in [-0.1, -0.05) is 48.8 Å². The second-order valence-corrected chi connectivity index (χ2v) is 8.68. The minimum absolute atomic E-state index is 0.0427. The molecule has 4 aromatic rings. The molecule has 196 valence electrons. The van der Waals surface area contributed by atoms with Crippen molar-refractivity contribution >= 4 is 28.3 Å². The van der Waals surface area contributed by atoms with Crippen LogP contribution in [0.15, 0.2) is 84.4 Å². The number of nitrogens with two attached hydrogens (primary N) is 1. The number of rotatable bonds is 9. The van der Waals surface area contributed by atoms with E-state index in [-0.39, 0.29) is 41.3 Å². The summed E-state index contributed by atoms with van der Waals surface area (Å²) in [5.74, 6) is 5.63. The molecule has 0 fully saturated rings. The highest BCUT2D eigenvalue weighted by Crippen LogP contribution is 2.23. The van der Waals surface area contributed by atoms with Gasteiger partial charge in [0.15, 0.2) is 11.6 Å². The molecule has 4 rings (SSSR count). The van der Waals surface area contributed by atoms with Crippen LogP contribution in [0.25, 0.3) is 16.5 Å². The van der Waals surface area contributed by atoms with E-state index in [9.17, 15) is 14.4 Å². The number of fused-ring (bicyclic) bond motifs is 1. The lowest BCUT2D eigenvalue weighted by Crippen LogP contribution is -2.32. The summed E-state index contributed by atoms with van der Waals surface area (Å²) in [7, 11) is 0. The van der Waals surface area contributed by atoms with E-state index in [1.807, 2.05) is 55.5 Å². The first-order valence-corrected chi connectivity index (χ1v) is 12.4. The first-order chi connectivity index (χ1) is 18.9. The van der Waals surface area contributed by atoms with Crippen molar-refractivity contribution in [2.24, 2.45) is 0 Å². The van der Waals surface area contributed by atoms with Gasteiger partial charge in [-0.2, -0.15) is 0 Å². The van der Waals surface area contributed by atoms with Gasteiger partial charge >= 0.3 is 0 Å². The summed E-state index contributed by atoms with van der Waals surface area (Å²) < 4.78 is 1.64. The van der Waals surface area contributed by atoms with Crippen molar-refractivity contribution in [1.82, 2.24) is 25.2 Å². The van der Waals surface area contributed by atoms with Crippen LogP contribution in [-0.2, 0) is 4.79 Å². The number of ketones is 1. The summed E-state index contributed by atoms with van der Waals surface area (Å²) in [6.07, 6.45) is 4.47. The number of amides is 1. The quantitative estimate of drug-likeness (QED) is 0.134. The molecule has 0 aliphatic rings. The van der Waals surface area contributed by atoms with Crippen molar-refractivity contribution < 1.29 is 9.59 Å². The van der Waals surface area contributed by atoms with E-state index >= 15 is 0 Å². The fraction of sp³-hybridized carbons (Fsp3) is 0.167. The first-order valence-electron chi connectivity index (χ1n) is 12.4. The Balaban J connectivity index is 1.70. The summed E-state index contributed by atoms with van der Waals surface area (Å²) in [6.45, 7) is 5.64. The maximum atomic E-state index is 14.0. The molecule has 0 bridgehead atoms. The zero-order valence-electron chi connectivity index (χ0n) is 21.5. The Labute approximate surface area is 225 Å². The van der Waals surface area contributed by atoms with Crippen molar-refractivity contribution in [3.05, 3.63) is 107 Å². The largest absolute Gasteiger partial charge is 0.382 e. The van der Waals surface area contributed by atoms with E-state index in [1.165, 1.54) is 18.5 Å². The lowest BCUT2D eigenvalue weighted by Gasteiger charge is -2.21. The number of para-hydroxylation sites is 1. The zero-order chi connectivity index (χ0) is 27.8. The van der Waals surface area contributed by atoms with Crippen molar-refractivity contribution in [1.29, 1.82) is 0 Å². The van der Waals surface area contributed by atoms with E-state index < -0.39 is 0 Å². The monoisotopic (exact) mass is 520 g/mol. The fourth-order valence-electron chi connectivity index (χ4n) is 4.12. The number of hydrogen-bond acceptors (Lipinski definition) is 7. The van der Waals surface area contributed by atoms with E-state index in [0.717, 1.165) is 5.39 Å². The number of pyridine rings is 1. The molecular weight excluding hydrogens is 492 g/mol. The number of nitrogen functional groups attached to an aromatic ring is 1. The van der Waals surface area contributed by atoms with E-state index in [0.29, 0.717) is 35.3 Å². The van der Waals surface area contributed by atoms with Crippen LogP contribution in [0.4, 0.5) is 5.82 Å². The van der Waals surface area contributed by atoms with Crippen molar-refractivity contribution in [3.63, 3.8) is 0 Å². The average molecular weight is 521 g/mol. The van der Waals surface area contributed by atoms with Crippen molar-refractivity contribution in [3.8, 4) is 17.5 Å². The maximum absolute atomic E-state index is 14.0. The molecule has 0 aliphatic carbocycles. The molecule has 0 saturated heterocycles. The number of nitrogens with zero attached hydrogens (tertiary/aromatic N) is 3. The van der Waals surface area contributed by atoms with Gasteiger partial charge < -0.3 is 16.4 Å². The smallest absolute Gasteiger partial charge is 0.264 e. The number of nitrogens with one attached hydrogen (secondary N) is 2. The van der Waals surface area contributed by atoms with Crippen LogP contribution in [-0.4, -0.2) is 39.3 Å². The van der Waals surface area contributed by atoms with E-state index in [2.05, 4.69) is 39.0 Å². The molecule has 9 heteroatoms. The SMILES string of the molecule is C=CC(=O)NCCC#Cc1cccc2cc([C@H](C)NCC(=O)c3nccnc3N)n(-c3ccccc3)c(=O)c12. The van der Waals surface area contributed by atoms with Crippen LogP contribution in [0.2, 0.25) is 0 Å². The standard InChI is InChI=1S/C30H28N6O3/c1-3-26(38)32-15-8-7-10-21-11-9-12-22-18-24(36(30(39)27(21)22)23-13-5-4-6-14-23)20(2)35-19-25(37)28-29(31)34-17-16-33-28/h3-6,9,11-14,16-18,20,35H,1,8,15,19H2,2H3,(H2,31,34)(H,32,38)/t20-/m0/s1. The summed E-state index contributed by atoms with van der Waals surface area (Å²) in [6, 6.07) is 16.4. The van der Waals surface area contributed by atoms with Crippen molar-refractivity contribution in [2.45, 2.75) is 19.4 Å². The normalized spacial score (nSPS) is 11.3. The van der Waals surface area contributed by atoms with Gasteiger partial charge in [-0.25, -0.2) is 9.97 Å². The van der Waals surface area contributed by atoms with Gasteiger partial charge in [0, 0.05) is 48.3 Å². The van der Waals surface area contributed by atoms with Crippen LogP contribution in [0.3, 0.4) is 0 Å². The molecule has 4 N–H and O–H groups in total. The molecule has 0 radical (unpaired) electrons. The molecule has 0 saturated carbocycles. The van der Waals surface area contributed by atoms with Crippen molar-refractivity contribution in [2.75, 3.05) is 18.8 Å². The minimum Gasteiger partial charge on any atom is -0.382 e. The third-order valence-electron chi connectivity index (χ3n) is 6.05. The Morgan fingerprint density at radius 3 is 2.64 bits per heavy atom. The molecule has 39 heavy (non-hydrogen) atoms. The first kappa shape index (κ1) is 27.0. The Morgan fingerprint density at radius 1 is 1.13 bits per heavy atom. The lowest BCUT2D eigenvalue weighted by atomic mass is 10.0. The fourth-order valence-corrected chi connectivity index (χ4v) is 4.12. The van der Waals surface area contributed by atoms with Crippen LogP contribution in [0.1, 0.15) is 41.1 Å². The van der Waals surface area contributed by atoms with Gasteiger partial charge in [0.2, 0.25) is 5.91 Å². The van der Waals surface area contributed by atoms with Gasteiger partial charge in [0.1, 0.15) is 5.69 Å². The molecule has 1 atom stereocenters. The molecule has 2 heterocycles. The van der Waals surface area contributed by atoms with Crippen LogP contribution >= 0.6 is 0 Å². The summed E-state index contributed by atoms with van der Waals surface area (Å²) in [4.78, 5) is 46.0. The number of Topliss-reactive ketones (excluding diaryl/α,β-unsaturated/α-hetero) is 1. The number of carbonyl (C=O) groups is 2. The molecule has 0 aliphatic heterocycles. The van der Waals surface area contributed by atoms with Gasteiger partial charge in [0.05, 0.1) is 11.9 Å². The van der Waals surface area contributed by atoms with Gasteiger partial charge in [-0.05, 0) is 42.7 Å². The topological polar surface area (TPSA) is 132 Å². The van der Waals surface area contributed by atoms with Crippen LogP contribution in [0, 0.1) is 11.8 Å². The molecular formula is C30H28N6O3. The van der Waals surface area contributed by atoms with Gasteiger partial charge in [-0.3, -0.25) is 19.0 Å². The second-order valence-electron chi connectivity index (χ2n) is 8.68. The van der Waals surface area contributed by atoms with E-state index in [1.54, 1.807) is 10.6 Å². The number of anilines is 1. The predicted octanol–water partition coefficient (Wildman–Crippen LogP) is 2.94. The number of hydrogen-bond donors (Lipinski definition) is 3. The lowest BCUT2D eigenvalue weighted by molar-refractivity contribution is -0.116. The molecule has 9 nitrogen and oxygen atoms in total. The minimum atomic E-state index is -0.382. The van der Waals surface area contributed by atoms with Gasteiger partial charge in [-0.15, -0.1) is 0 Å². The third kappa shape index (κ3) is 6.26. The Bertz CT molecular complexity index is 1650. The van der Waals surface area contributed by atoms with Gasteiger partial charge in [0.25, 0.3) is 5.56 Å². The number of aromatic nitrogens is 3. The highest BCUT2D eigenvalue weighted by atomic mass is 16.1. The third-order valence-corrected chi connectivity index (χ3v) is 6.05. The summed E-state index contributed by atoms with van der Waals surface area (Å²) >= 11 is 0. The second kappa shape index (κ2) is 12.4. The highest BCUT2D eigenvalue weighted by Gasteiger charge is 2.19. The predicted molar refractivity (Wildman–Crippen MR) is 151 cm³/mol. The number of benzene rings is 2. The average Bonchev–Trinajstić information content (AvgIpc) is 2.95. The molecule has 0 unspecified atom stereocenters. The van der Waals surface area contributed by atoms with E-state index in [4.69, 9.17) is 5.73 Å². The van der Waals surface area contributed by atoms with Crippen LogP contribution in [0.5, 0.6) is 0 Å². The Kier molecular flexibility index (Phi) is 8.61. The Morgan fingerprint density at radius 2 is 1.90 bits per heavy atom. The molecule has 2 aromatic carbocycles. The van der Waals surface area contributed by atoms with Crippen LogP contribution < -0.4 is 21.9 Å². The Hall–Kier alpha value is -5.07. The molecule has 2 aromatic heterocycles. The summed E-state index contributed by atoms with van der Waals surface area (Å²) in [5.41, 5.74) is 7.64. The highest BCUT2D eigenvalue weighted by molar-refractivity contribution is 5.99. The maximum Gasteiger partial charge on any atom is 0.264 e.